The zero-order valence-corrected chi connectivity index (χ0v) is 12.3. The molecular formula is C16H22N2O3. The molecule has 1 amide bonds. The molecule has 1 atom stereocenters. The Morgan fingerprint density at radius 2 is 2.00 bits per heavy atom. The van der Waals surface area contributed by atoms with Crippen molar-refractivity contribution >= 4 is 11.9 Å². The van der Waals surface area contributed by atoms with Crippen molar-refractivity contribution in [1.82, 2.24) is 4.90 Å². The molecule has 0 aromatic heterocycles. The summed E-state index contributed by atoms with van der Waals surface area (Å²) in [6.45, 7) is 3.24. The van der Waals surface area contributed by atoms with Gasteiger partial charge in [-0.05, 0) is 43.5 Å². The third-order valence-corrected chi connectivity index (χ3v) is 4.41. The van der Waals surface area contributed by atoms with Gasteiger partial charge < -0.3 is 15.7 Å². The summed E-state index contributed by atoms with van der Waals surface area (Å²) in [4.78, 5) is 25.5. The van der Waals surface area contributed by atoms with Crippen molar-refractivity contribution in [3.05, 3.63) is 35.4 Å². The van der Waals surface area contributed by atoms with Gasteiger partial charge in [0.15, 0.2) is 0 Å². The Kier molecular flexibility index (Phi) is 4.63. The second-order valence-corrected chi connectivity index (χ2v) is 5.65. The average molecular weight is 290 g/mol. The molecule has 0 spiro atoms. The molecule has 2 rings (SSSR count). The van der Waals surface area contributed by atoms with Gasteiger partial charge in [-0.2, -0.15) is 0 Å². The van der Waals surface area contributed by atoms with Crippen LogP contribution in [0.4, 0.5) is 0 Å². The van der Waals surface area contributed by atoms with Crippen LogP contribution in [0.25, 0.3) is 0 Å². The van der Waals surface area contributed by atoms with Gasteiger partial charge in [0.25, 0.3) is 5.91 Å². The van der Waals surface area contributed by atoms with E-state index in [0.29, 0.717) is 38.0 Å². The van der Waals surface area contributed by atoms with E-state index < -0.39 is 11.4 Å². The topological polar surface area (TPSA) is 83.6 Å². The van der Waals surface area contributed by atoms with Gasteiger partial charge in [0, 0.05) is 18.7 Å². The number of amides is 1. The maximum atomic E-state index is 12.5. The Hall–Kier alpha value is -1.88. The first-order valence-electron chi connectivity index (χ1n) is 7.34. The third-order valence-electron chi connectivity index (χ3n) is 4.41. The van der Waals surface area contributed by atoms with Crippen LogP contribution in [-0.4, -0.2) is 41.5 Å². The smallest absolute Gasteiger partial charge is 0.311 e. The zero-order valence-electron chi connectivity index (χ0n) is 12.3. The van der Waals surface area contributed by atoms with E-state index in [0.717, 1.165) is 12.0 Å². The Morgan fingerprint density at radius 1 is 1.33 bits per heavy atom. The van der Waals surface area contributed by atoms with Crippen molar-refractivity contribution in [2.45, 2.75) is 26.2 Å². The normalized spacial score (nSPS) is 21.5. The van der Waals surface area contributed by atoms with E-state index in [1.807, 2.05) is 19.1 Å². The monoisotopic (exact) mass is 290 g/mol. The molecule has 1 heterocycles. The molecule has 1 aromatic carbocycles. The Balaban J connectivity index is 2.09. The van der Waals surface area contributed by atoms with Crippen LogP contribution in [0, 0.1) is 5.41 Å². The first kappa shape index (κ1) is 15.5. The van der Waals surface area contributed by atoms with Crippen LogP contribution >= 0.6 is 0 Å². The first-order valence-corrected chi connectivity index (χ1v) is 7.34. The van der Waals surface area contributed by atoms with E-state index >= 15 is 0 Å². The minimum atomic E-state index is -0.807. The van der Waals surface area contributed by atoms with E-state index in [-0.39, 0.29) is 5.91 Å². The quantitative estimate of drug-likeness (QED) is 0.861. The Morgan fingerprint density at radius 3 is 2.48 bits per heavy atom. The molecule has 0 saturated carbocycles. The van der Waals surface area contributed by atoms with E-state index in [4.69, 9.17) is 5.73 Å². The maximum absolute atomic E-state index is 12.5. The van der Waals surface area contributed by atoms with Gasteiger partial charge in [-0.1, -0.05) is 19.1 Å². The minimum Gasteiger partial charge on any atom is -0.481 e. The third kappa shape index (κ3) is 3.08. The predicted octanol–water partition coefficient (Wildman–Crippen LogP) is 1.51. The molecule has 1 aromatic rings. The van der Waals surface area contributed by atoms with Crippen molar-refractivity contribution in [2.75, 3.05) is 19.6 Å². The molecule has 1 unspecified atom stereocenters. The molecule has 1 fully saturated rings. The number of aliphatic carboxylic acids is 1. The number of hydrogen-bond acceptors (Lipinski definition) is 3. The van der Waals surface area contributed by atoms with Crippen LogP contribution < -0.4 is 5.73 Å². The summed E-state index contributed by atoms with van der Waals surface area (Å²) in [6, 6.07) is 7.39. The van der Waals surface area contributed by atoms with Gasteiger partial charge in [0.05, 0.1) is 5.41 Å². The molecule has 0 radical (unpaired) electrons. The van der Waals surface area contributed by atoms with E-state index in [1.54, 1.807) is 17.0 Å². The summed E-state index contributed by atoms with van der Waals surface area (Å²) in [7, 11) is 0. The largest absolute Gasteiger partial charge is 0.481 e. The summed E-state index contributed by atoms with van der Waals surface area (Å²) in [6.07, 6.45) is 1.85. The number of carbonyl (C=O) groups excluding carboxylic acids is 1. The molecule has 1 aliphatic heterocycles. The number of carbonyl (C=O) groups is 2. The molecule has 0 aliphatic carbocycles. The molecule has 1 aliphatic rings. The summed E-state index contributed by atoms with van der Waals surface area (Å²) in [5.74, 6) is -0.899. The average Bonchev–Trinajstić information content (AvgIpc) is 2.93. The number of carboxylic acid groups (broad SMARTS) is 1. The van der Waals surface area contributed by atoms with E-state index in [1.165, 1.54) is 0 Å². The predicted molar refractivity (Wildman–Crippen MR) is 80.1 cm³/mol. The minimum absolute atomic E-state index is 0.0918. The molecule has 21 heavy (non-hydrogen) atoms. The van der Waals surface area contributed by atoms with Crippen LogP contribution in [0.15, 0.2) is 24.3 Å². The second kappa shape index (κ2) is 6.26. The number of likely N-dealkylation sites (tertiary alicyclic amines) is 1. The van der Waals surface area contributed by atoms with Crippen molar-refractivity contribution < 1.29 is 14.7 Å². The lowest BCUT2D eigenvalue weighted by atomic mass is 9.84. The van der Waals surface area contributed by atoms with E-state index in [2.05, 4.69) is 0 Å². The highest BCUT2D eigenvalue weighted by molar-refractivity contribution is 5.95. The molecule has 0 bridgehead atoms. The van der Waals surface area contributed by atoms with Crippen LogP contribution in [-0.2, 0) is 11.2 Å². The number of carboxylic acids is 1. The van der Waals surface area contributed by atoms with Crippen molar-refractivity contribution in [3.8, 4) is 0 Å². The van der Waals surface area contributed by atoms with E-state index in [9.17, 15) is 14.7 Å². The highest BCUT2D eigenvalue weighted by Gasteiger charge is 2.44. The standard InChI is InChI=1S/C16H22N2O3/c1-2-16(15(20)21)8-10-18(11-16)14(19)13-5-3-12(4-6-13)7-9-17/h3-6H,2,7-11,17H2,1H3,(H,20,21). The molecule has 1 saturated heterocycles. The summed E-state index contributed by atoms with van der Waals surface area (Å²) in [5, 5.41) is 9.38. The fraction of sp³-hybridized carbons (Fsp3) is 0.500. The number of rotatable bonds is 5. The molecule has 3 N–H and O–H groups in total. The summed E-state index contributed by atoms with van der Waals surface area (Å²) < 4.78 is 0. The molecule has 5 heteroatoms. The number of benzene rings is 1. The highest BCUT2D eigenvalue weighted by atomic mass is 16.4. The lowest BCUT2D eigenvalue weighted by molar-refractivity contribution is -0.148. The van der Waals surface area contributed by atoms with Crippen LogP contribution in [0.1, 0.15) is 35.7 Å². The van der Waals surface area contributed by atoms with Gasteiger partial charge in [-0.3, -0.25) is 9.59 Å². The van der Waals surface area contributed by atoms with Crippen LogP contribution in [0.5, 0.6) is 0 Å². The SMILES string of the molecule is CCC1(C(=O)O)CCN(C(=O)c2ccc(CCN)cc2)C1. The highest BCUT2D eigenvalue weighted by Crippen LogP contribution is 2.34. The Bertz CT molecular complexity index is 527. The summed E-state index contributed by atoms with van der Waals surface area (Å²) >= 11 is 0. The van der Waals surface area contributed by atoms with Crippen molar-refractivity contribution in [3.63, 3.8) is 0 Å². The van der Waals surface area contributed by atoms with Gasteiger partial charge in [0.1, 0.15) is 0 Å². The van der Waals surface area contributed by atoms with Crippen molar-refractivity contribution in [1.29, 1.82) is 0 Å². The number of nitrogens with zero attached hydrogens (tertiary/aromatic N) is 1. The maximum Gasteiger partial charge on any atom is 0.311 e. The summed E-state index contributed by atoms with van der Waals surface area (Å²) in [5.41, 5.74) is 6.42. The van der Waals surface area contributed by atoms with Crippen LogP contribution in [0.2, 0.25) is 0 Å². The van der Waals surface area contributed by atoms with Crippen molar-refractivity contribution in [2.24, 2.45) is 11.1 Å². The first-order chi connectivity index (χ1) is 10.0. The van der Waals surface area contributed by atoms with Gasteiger partial charge in [-0.25, -0.2) is 0 Å². The zero-order chi connectivity index (χ0) is 15.5. The van der Waals surface area contributed by atoms with Gasteiger partial charge in [-0.15, -0.1) is 0 Å². The Labute approximate surface area is 124 Å². The fourth-order valence-corrected chi connectivity index (χ4v) is 2.82. The van der Waals surface area contributed by atoms with Gasteiger partial charge in [0.2, 0.25) is 0 Å². The molecule has 5 nitrogen and oxygen atoms in total. The van der Waals surface area contributed by atoms with Crippen LogP contribution in [0.3, 0.4) is 0 Å². The van der Waals surface area contributed by atoms with Gasteiger partial charge >= 0.3 is 5.97 Å². The molecular weight excluding hydrogens is 268 g/mol. The lowest BCUT2D eigenvalue weighted by Crippen LogP contribution is -2.36. The second-order valence-electron chi connectivity index (χ2n) is 5.65. The molecule has 114 valence electrons. The number of hydrogen-bond donors (Lipinski definition) is 2. The fourth-order valence-electron chi connectivity index (χ4n) is 2.82. The number of nitrogens with two attached hydrogens (primary N) is 1. The lowest BCUT2D eigenvalue weighted by Gasteiger charge is -2.23.